The van der Waals surface area contributed by atoms with Crippen molar-refractivity contribution in [3.63, 3.8) is 0 Å². The highest BCUT2D eigenvalue weighted by molar-refractivity contribution is 6.28. The second kappa shape index (κ2) is 8.31. The van der Waals surface area contributed by atoms with E-state index in [1.54, 1.807) is 11.0 Å². The van der Waals surface area contributed by atoms with Gasteiger partial charge in [0, 0.05) is 6.54 Å². The van der Waals surface area contributed by atoms with Crippen LogP contribution in [0.5, 0.6) is 0 Å². The van der Waals surface area contributed by atoms with E-state index in [-0.39, 0.29) is 36.8 Å². The first-order valence-electron chi connectivity index (χ1n) is 5.79. The fourth-order valence-electron chi connectivity index (χ4n) is 1.44. The Morgan fingerprint density at radius 3 is 1.90 bits per heavy atom. The van der Waals surface area contributed by atoms with Gasteiger partial charge < -0.3 is 9.80 Å². The zero-order valence-electron chi connectivity index (χ0n) is 11.1. The molecule has 0 atom stereocenters. The lowest BCUT2D eigenvalue weighted by Gasteiger charge is -2.20. The van der Waals surface area contributed by atoms with Gasteiger partial charge >= 0.3 is 0 Å². The van der Waals surface area contributed by atoms with Crippen LogP contribution in [-0.4, -0.2) is 41.1 Å². The van der Waals surface area contributed by atoms with E-state index >= 15 is 0 Å². The van der Waals surface area contributed by atoms with Gasteiger partial charge in [-0.3, -0.25) is 0 Å². The number of anilines is 2. The molecule has 0 aliphatic heterocycles. The lowest BCUT2D eigenvalue weighted by atomic mass is 10.5. The highest BCUT2D eigenvalue weighted by Gasteiger charge is 2.16. The number of aromatic nitrogens is 3. The van der Waals surface area contributed by atoms with Crippen molar-refractivity contribution >= 4 is 23.5 Å². The van der Waals surface area contributed by atoms with Crippen molar-refractivity contribution in [1.29, 1.82) is 15.8 Å². The summed E-state index contributed by atoms with van der Waals surface area (Å²) in [4.78, 5) is 14.9. The van der Waals surface area contributed by atoms with Crippen LogP contribution in [0.2, 0.25) is 5.28 Å². The zero-order valence-corrected chi connectivity index (χ0v) is 11.8. The Kier molecular flexibility index (Phi) is 6.40. The van der Waals surface area contributed by atoms with Gasteiger partial charge in [-0.1, -0.05) is 6.08 Å². The molecule has 0 aliphatic carbocycles. The van der Waals surface area contributed by atoms with Crippen molar-refractivity contribution < 1.29 is 0 Å². The van der Waals surface area contributed by atoms with Crippen LogP contribution in [0.1, 0.15) is 0 Å². The van der Waals surface area contributed by atoms with Gasteiger partial charge in [-0.15, -0.1) is 6.58 Å². The molecule has 0 aliphatic rings. The molecule has 0 fully saturated rings. The van der Waals surface area contributed by atoms with Crippen LogP contribution in [0.4, 0.5) is 11.9 Å². The van der Waals surface area contributed by atoms with E-state index in [0.717, 1.165) is 0 Å². The first-order chi connectivity index (χ1) is 10.2. The maximum atomic E-state index is 8.81. The van der Waals surface area contributed by atoms with E-state index < -0.39 is 0 Å². The summed E-state index contributed by atoms with van der Waals surface area (Å²) in [5.41, 5.74) is 0. The third kappa shape index (κ3) is 4.61. The highest BCUT2D eigenvalue weighted by Crippen LogP contribution is 2.16. The fraction of sp³-hybridized carbons (Fsp3) is 0.333. The number of halogens is 1. The summed E-state index contributed by atoms with van der Waals surface area (Å²) in [5, 5.41) is 26.3. The summed E-state index contributed by atoms with van der Waals surface area (Å²) in [6.45, 7) is 3.87. The van der Waals surface area contributed by atoms with Crippen molar-refractivity contribution in [2.45, 2.75) is 0 Å². The zero-order chi connectivity index (χ0) is 15.7. The number of nitrogens with zero attached hydrogens (tertiary/aromatic N) is 8. The number of hydrogen-bond acceptors (Lipinski definition) is 8. The largest absolute Gasteiger partial charge is 0.324 e. The van der Waals surface area contributed by atoms with Crippen molar-refractivity contribution in [2.24, 2.45) is 0 Å². The third-order valence-corrected chi connectivity index (χ3v) is 2.45. The van der Waals surface area contributed by atoms with Crippen molar-refractivity contribution in [2.75, 3.05) is 36.0 Å². The molecule has 9 heteroatoms. The van der Waals surface area contributed by atoms with E-state index in [1.807, 2.05) is 18.2 Å². The molecule has 0 spiro atoms. The molecule has 0 bridgehead atoms. The second-order valence-electron chi connectivity index (χ2n) is 3.70. The summed E-state index contributed by atoms with van der Waals surface area (Å²) < 4.78 is 0. The number of rotatable bonds is 7. The lowest BCUT2D eigenvalue weighted by molar-refractivity contribution is 0.836. The fourth-order valence-corrected chi connectivity index (χ4v) is 1.59. The van der Waals surface area contributed by atoms with Gasteiger partial charge in [-0.05, 0) is 11.6 Å². The lowest BCUT2D eigenvalue weighted by Crippen LogP contribution is -2.30. The van der Waals surface area contributed by atoms with Crippen LogP contribution in [0.3, 0.4) is 0 Å². The molecule has 1 aromatic rings. The Hall–Kier alpha value is -2.89. The Morgan fingerprint density at radius 2 is 1.43 bits per heavy atom. The topological polar surface area (TPSA) is 117 Å². The molecule has 0 N–H and O–H groups in total. The van der Waals surface area contributed by atoms with E-state index in [9.17, 15) is 0 Å². The second-order valence-corrected chi connectivity index (χ2v) is 4.04. The van der Waals surface area contributed by atoms with Crippen molar-refractivity contribution in [1.82, 2.24) is 15.0 Å². The first-order valence-corrected chi connectivity index (χ1v) is 6.17. The third-order valence-electron chi connectivity index (χ3n) is 2.28. The monoisotopic (exact) mass is 302 g/mol. The van der Waals surface area contributed by atoms with E-state index in [4.69, 9.17) is 27.4 Å². The minimum absolute atomic E-state index is 0.0440. The van der Waals surface area contributed by atoms with Gasteiger partial charge in [0.2, 0.25) is 17.2 Å². The summed E-state index contributed by atoms with van der Waals surface area (Å²) >= 11 is 5.85. The van der Waals surface area contributed by atoms with Crippen molar-refractivity contribution in [3.8, 4) is 18.2 Å². The SMILES string of the molecule is C=CCN(CC#N)c1nc(Cl)nc(N(CC#N)CC#N)n1. The van der Waals surface area contributed by atoms with E-state index in [0.29, 0.717) is 6.54 Å². The molecule has 0 amide bonds. The molecule has 0 aromatic carbocycles. The Balaban J connectivity index is 3.19. The van der Waals surface area contributed by atoms with E-state index in [1.165, 1.54) is 4.90 Å². The predicted octanol–water partition coefficient (Wildman–Crippen LogP) is 0.895. The van der Waals surface area contributed by atoms with Gasteiger partial charge in [0.15, 0.2) is 0 Å². The van der Waals surface area contributed by atoms with E-state index in [2.05, 4.69) is 21.5 Å². The summed E-state index contributed by atoms with van der Waals surface area (Å²) in [7, 11) is 0. The molecule has 106 valence electrons. The minimum Gasteiger partial charge on any atom is -0.324 e. The van der Waals surface area contributed by atoms with Crippen LogP contribution in [0.15, 0.2) is 12.7 Å². The molecule has 0 saturated carbocycles. The molecular formula is C12H11ClN8. The van der Waals surface area contributed by atoms with Crippen molar-refractivity contribution in [3.05, 3.63) is 17.9 Å². The van der Waals surface area contributed by atoms with Gasteiger partial charge in [0.25, 0.3) is 0 Å². The average Bonchev–Trinajstić information content (AvgIpc) is 2.46. The molecule has 21 heavy (non-hydrogen) atoms. The van der Waals surface area contributed by atoms with Crippen LogP contribution < -0.4 is 9.80 Å². The molecule has 1 heterocycles. The number of hydrogen-bond donors (Lipinski definition) is 0. The average molecular weight is 303 g/mol. The Bertz CT molecular complexity index is 608. The normalized spacial score (nSPS) is 9.05. The van der Waals surface area contributed by atoms with Gasteiger partial charge in [-0.25, -0.2) is 0 Å². The molecule has 8 nitrogen and oxygen atoms in total. The van der Waals surface area contributed by atoms with Gasteiger partial charge in [-0.2, -0.15) is 30.7 Å². The minimum atomic E-state index is -0.0807. The van der Waals surface area contributed by atoms with Gasteiger partial charge in [0.05, 0.1) is 18.2 Å². The first kappa shape index (κ1) is 16.2. The maximum Gasteiger partial charge on any atom is 0.233 e. The molecule has 0 radical (unpaired) electrons. The Labute approximate surface area is 127 Å². The Morgan fingerprint density at radius 1 is 0.952 bits per heavy atom. The molecule has 1 rings (SSSR count). The van der Waals surface area contributed by atoms with Crippen LogP contribution >= 0.6 is 11.6 Å². The molecule has 0 unspecified atom stereocenters. The number of nitriles is 3. The highest BCUT2D eigenvalue weighted by atomic mass is 35.5. The molecular weight excluding hydrogens is 292 g/mol. The molecule has 0 saturated heterocycles. The predicted molar refractivity (Wildman–Crippen MR) is 76.3 cm³/mol. The van der Waals surface area contributed by atoms with Crippen LogP contribution in [0.25, 0.3) is 0 Å². The quantitative estimate of drug-likeness (QED) is 0.538. The van der Waals surface area contributed by atoms with Crippen LogP contribution in [-0.2, 0) is 0 Å². The van der Waals surface area contributed by atoms with Gasteiger partial charge in [0.1, 0.15) is 19.6 Å². The summed E-state index contributed by atoms with van der Waals surface area (Å²) in [5.74, 6) is 0.299. The maximum absolute atomic E-state index is 8.81. The smallest absolute Gasteiger partial charge is 0.233 e. The summed E-state index contributed by atoms with van der Waals surface area (Å²) in [6, 6.07) is 5.82. The summed E-state index contributed by atoms with van der Waals surface area (Å²) in [6.07, 6.45) is 1.59. The standard InChI is InChI=1S/C12H11ClN8/c1-2-6-20(7-3-14)11-17-10(13)18-12(19-11)21(8-4-15)9-5-16/h2H,1,6-9H2. The molecule has 1 aromatic heterocycles. The van der Waals surface area contributed by atoms with Crippen LogP contribution in [0, 0.1) is 34.0 Å².